The van der Waals surface area contributed by atoms with Crippen LogP contribution in [-0.4, -0.2) is 65.5 Å². The Morgan fingerprint density at radius 2 is 1.94 bits per heavy atom. The van der Waals surface area contributed by atoms with Crippen molar-refractivity contribution < 1.29 is 19.5 Å². The highest BCUT2D eigenvalue weighted by Gasteiger charge is 2.26. The monoisotopic (exact) mass is 257 g/mol. The highest BCUT2D eigenvalue weighted by molar-refractivity contribution is 5.95. The van der Waals surface area contributed by atoms with Gasteiger partial charge in [-0.05, 0) is 14.0 Å². The number of rotatable bonds is 3. The molecule has 1 rings (SSSR count). The predicted octanol–water partition coefficient (Wildman–Crippen LogP) is -0.277. The predicted molar refractivity (Wildman–Crippen MR) is 64.1 cm³/mol. The molecule has 0 spiro atoms. The molecule has 18 heavy (non-hydrogen) atoms. The number of carboxylic acids is 1. The van der Waals surface area contributed by atoms with Crippen molar-refractivity contribution in [3.8, 4) is 0 Å². The number of carbonyl (C=O) groups is 3. The SMILES string of the molecule is CC1CN(C)CCN1C(=O)NC(=O)CCC(=O)O. The molecule has 1 aliphatic rings. The maximum Gasteiger partial charge on any atom is 0.324 e. The lowest BCUT2D eigenvalue weighted by Gasteiger charge is -2.37. The molecule has 0 aromatic carbocycles. The van der Waals surface area contributed by atoms with Gasteiger partial charge in [0.2, 0.25) is 5.91 Å². The number of nitrogens with one attached hydrogen (secondary N) is 1. The van der Waals surface area contributed by atoms with Gasteiger partial charge in [-0.3, -0.25) is 14.9 Å². The minimum atomic E-state index is -1.05. The average molecular weight is 257 g/mol. The van der Waals surface area contributed by atoms with Gasteiger partial charge >= 0.3 is 12.0 Å². The summed E-state index contributed by atoms with van der Waals surface area (Å²) in [6.45, 7) is 4.00. The van der Waals surface area contributed by atoms with Crippen molar-refractivity contribution in [1.29, 1.82) is 0 Å². The number of carboxylic acid groups (broad SMARTS) is 1. The van der Waals surface area contributed by atoms with E-state index in [9.17, 15) is 14.4 Å². The summed E-state index contributed by atoms with van der Waals surface area (Å²) >= 11 is 0. The fourth-order valence-electron chi connectivity index (χ4n) is 1.92. The summed E-state index contributed by atoms with van der Waals surface area (Å²) in [5, 5.41) is 10.7. The van der Waals surface area contributed by atoms with Crippen molar-refractivity contribution in [3.63, 3.8) is 0 Å². The van der Waals surface area contributed by atoms with Gasteiger partial charge in [0, 0.05) is 32.1 Å². The number of nitrogens with zero attached hydrogens (tertiary/aromatic N) is 2. The van der Waals surface area contributed by atoms with E-state index in [1.807, 2.05) is 14.0 Å². The minimum Gasteiger partial charge on any atom is -0.481 e. The molecule has 102 valence electrons. The summed E-state index contributed by atoms with van der Waals surface area (Å²) < 4.78 is 0. The molecule has 1 unspecified atom stereocenters. The molecule has 1 fully saturated rings. The number of carbonyl (C=O) groups excluding carboxylic acids is 2. The molecule has 1 heterocycles. The van der Waals surface area contributed by atoms with Crippen molar-refractivity contribution in [1.82, 2.24) is 15.1 Å². The van der Waals surface area contributed by atoms with E-state index in [4.69, 9.17) is 5.11 Å². The van der Waals surface area contributed by atoms with Crippen LogP contribution >= 0.6 is 0 Å². The Morgan fingerprint density at radius 1 is 1.28 bits per heavy atom. The molecule has 0 aromatic heterocycles. The van der Waals surface area contributed by atoms with E-state index in [0.717, 1.165) is 13.1 Å². The van der Waals surface area contributed by atoms with Crippen LogP contribution in [0.15, 0.2) is 0 Å². The molecule has 0 radical (unpaired) electrons. The first-order valence-electron chi connectivity index (χ1n) is 5.91. The first-order valence-corrected chi connectivity index (χ1v) is 5.91. The normalized spacial score (nSPS) is 20.6. The van der Waals surface area contributed by atoms with Crippen LogP contribution in [0.3, 0.4) is 0 Å². The van der Waals surface area contributed by atoms with Crippen molar-refractivity contribution in [2.24, 2.45) is 0 Å². The third-order valence-electron chi connectivity index (χ3n) is 2.90. The van der Waals surface area contributed by atoms with Crippen molar-refractivity contribution in [2.45, 2.75) is 25.8 Å². The molecule has 0 aromatic rings. The third kappa shape index (κ3) is 4.33. The smallest absolute Gasteiger partial charge is 0.324 e. The zero-order chi connectivity index (χ0) is 13.7. The second-order valence-corrected chi connectivity index (χ2v) is 4.55. The van der Waals surface area contributed by atoms with Crippen LogP contribution < -0.4 is 5.32 Å². The van der Waals surface area contributed by atoms with Crippen LogP contribution in [0.4, 0.5) is 4.79 Å². The zero-order valence-electron chi connectivity index (χ0n) is 10.7. The fourth-order valence-corrected chi connectivity index (χ4v) is 1.92. The molecule has 0 aliphatic carbocycles. The lowest BCUT2D eigenvalue weighted by atomic mass is 10.2. The van der Waals surface area contributed by atoms with E-state index in [-0.39, 0.29) is 18.9 Å². The van der Waals surface area contributed by atoms with Gasteiger partial charge in [0.05, 0.1) is 6.42 Å². The minimum absolute atomic E-state index is 0.0380. The fraction of sp³-hybridized carbons (Fsp3) is 0.727. The van der Waals surface area contributed by atoms with Gasteiger partial charge in [-0.25, -0.2) is 4.79 Å². The lowest BCUT2D eigenvalue weighted by Crippen LogP contribution is -2.56. The Morgan fingerprint density at radius 3 is 2.50 bits per heavy atom. The Hall–Kier alpha value is -1.63. The Bertz CT molecular complexity index is 345. The van der Waals surface area contributed by atoms with Crippen LogP contribution in [0.1, 0.15) is 19.8 Å². The van der Waals surface area contributed by atoms with Gasteiger partial charge in [-0.15, -0.1) is 0 Å². The van der Waals surface area contributed by atoms with Gasteiger partial charge in [-0.2, -0.15) is 0 Å². The number of piperazine rings is 1. The van der Waals surface area contributed by atoms with E-state index in [1.165, 1.54) is 0 Å². The Kier molecular flexibility index (Phi) is 5.08. The topological polar surface area (TPSA) is 90.0 Å². The first kappa shape index (κ1) is 14.4. The number of hydrogen-bond acceptors (Lipinski definition) is 4. The lowest BCUT2D eigenvalue weighted by molar-refractivity contribution is -0.138. The summed E-state index contributed by atoms with van der Waals surface area (Å²) in [6.07, 6.45) is -0.444. The van der Waals surface area contributed by atoms with E-state index < -0.39 is 17.9 Å². The standard InChI is InChI=1S/C11H19N3O4/c1-8-7-13(2)5-6-14(8)11(18)12-9(15)3-4-10(16)17/h8H,3-7H2,1-2H3,(H,16,17)(H,12,15,18). The van der Waals surface area contributed by atoms with Gasteiger partial charge in [0.15, 0.2) is 0 Å². The van der Waals surface area contributed by atoms with E-state index in [1.54, 1.807) is 4.90 Å². The molecular formula is C11H19N3O4. The number of hydrogen-bond donors (Lipinski definition) is 2. The summed E-state index contributed by atoms with van der Waals surface area (Å²) in [7, 11) is 1.98. The van der Waals surface area contributed by atoms with Gasteiger partial charge in [-0.1, -0.05) is 0 Å². The van der Waals surface area contributed by atoms with Crippen molar-refractivity contribution in [2.75, 3.05) is 26.7 Å². The van der Waals surface area contributed by atoms with Crippen molar-refractivity contribution >= 4 is 17.9 Å². The van der Waals surface area contributed by atoms with Gasteiger partial charge in [0.25, 0.3) is 0 Å². The summed E-state index contributed by atoms with van der Waals surface area (Å²) in [5.74, 6) is -1.60. The Balaban J connectivity index is 2.40. The molecule has 7 nitrogen and oxygen atoms in total. The molecule has 0 saturated carbocycles. The van der Waals surface area contributed by atoms with E-state index >= 15 is 0 Å². The van der Waals surface area contributed by atoms with Gasteiger partial charge < -0.3 is 14.9 Å². The molecule has 0 bridgehead atoms. The highest BCUT2D eigenvalue weighted by atomic mass is 16.4. The summed E-state index contributed by atoms with van der Waals surface area (Å²) in [6, 6.07) is -0.401. The average Bonchev–Trinajstić information content (AvgIpc) is 2.26. The van der Waals surface area contributed by atoms with Gasteiger partial charge in [0.1, 0.15) is 0 Å². The zero-order valence-corrected chi connectivity index (χ0v) is 10.7. The molecule has 1 saturated heterocycles. The van der Waals surface area contributed by atoms with E-state index in [0.29, 0.717) is 6.54 Å². The van der Waals surface area contributed by atoms with Crippen LogP contribution in [0, 0.1) is 0 Å². The number of aliphatic carboxylic acids is 1. The highest BCUT2D eigenvalue weighted by Crippen LogP contribution is 2.07. The molecular weight excluding hydrogens is 238 g/mol. The van der Waals surface area contributed by atoms with Crippen LogP contribution in [0.25, 0.3) is 0 Å². The van der Waals surface area contributed by atoms with E-state index in [2.05, 4.69) is 10.2 Å². The molecule has 1 aliphatic heterocycles. The van der Waals surface area contributed by atoms with Crippen molar-refractivity contribution in [3.05, 3.63) is 0 Å². The summed E-state index contributed by atoms with van der Waals surface area (Å²) in [5.41, 5.74) is 0. The molecule has 1 atom stereocenters. The number of amides is 3. The Labute approximate surface area is 106 Å². The quantitative estimate of drug-likeness (QED) is 0.726. The van der Waals surface area contributed by atoms with Crippen LogP contribution in [0.2, 0.25) is 0 Å². The largest absolute Gasteiger partial charge is 0.481 e. The molecule has 2 N–H and O–H groups in total. The van der Waals surface area contributed by atoms with Crippen LogP contribution in [-0.2, 0) is 9.59 Å². The second kappa shape index (κ2) is 6.34. The second-order valence-electron chi connectivity index (χ2n) is 4.55. The number of imide groups is 1. The number of urea groups is 1. The van der Waals surface area contributed by atoms with Crippen LogP contribution in [0.5, 0.6) is 0 Å². The molecule has 3 amide bonds. The first-order chi connectivity index (χ1) is 8.40. The third-order valence-corrected chi connectivity index (χ3v) is 2.90. The summed E-state index contributed by atoms with van der Waals surface area (Å²) in [4.78, 5) is 37.1. The maximum absolute atomic E-state index is 11.8. The molecule has 7 heteroatoms. The maximum atomic E-state index is 11.8. The number of likely N-dealkylation sites (N-methyl/N-ethyl adjacent to an activating group) is 1.